The molecule has 0 spiro atoms. The minimum atomic E-state index is 0.746. The second-order valence-corrected chi connectivity index (χ2v) is 3.61. The van der Waals surface area contributed by atoms with Gasteiger partial charge in [-0.05, 0) is 50.4 Å². The van der Waals surface area contributed by atoms with Gasteiger partial charge in [-0.1, -0.05) is 12.1 Å². The first-order valence-electron chi connectivity index (χ1n) is 5.14. The summed E-state index contributed by atoms with van der Waals surface area (Å²) in [5, 5.41) is 0. The second kappa shape index (κ2) is 5.66. The van der Waals surface area contributed by atoms with Gasteiger partial charge in [0.2, 0.25) is 0 Å². The number of nitrogens with two attached hydrogens (primary N) is 1. The van der Waals surface area contributed by atoms with E-state index in [1.54, 1.807) is 0 Å². The molecule has 1 rings (SSSR count). The first-order valence-corrected chi connectivity index (χ1v) is 5.14. The van der Waals surface area contributed by atoms with Crippen LogP contribution in [0.15, 0.2) is 18.2 Å². The van der Waals surface area contributed by atoms with E-state index in [0.717, 1.165) is 31.7 Å². The van der Waals surface area contributed by atoms with Crippen LogP contribution in [-0.2, 0) is 0 Å². The fourth-order valence-corrected chi connectivity index (χ4v) is 1.29. The Balaban J connectivity index is 2.45. The van der Waals surface area contributed by atoms with E-state index in [9.17, 15) is 0 Å². The lowest BCUT2D eigenvalue weighted by Gasteiger charge is -2.09. The maximum Gasteiger partial charge on any atom is 0.122 e. The van der Waals surface area contributed by atoms with Crippen LogP contribution in [0.25, 0.3) is 0 Å². The summed E-state index contributed by atoms with van der Waals surface area (Å²) in [6.45, 7) is 5.65. The first-order chi connectivity index (χ1) is 6.74. The van der Waals surface area contributed by atoms with Crippen LogP contribution in [0.3, 0.4) is 0 Å². The Hall–Kier alpha value is -1.02. The van der Waals surface area contributed by atoms with Crippen molar-refractivity contribution >= 4 is 0 Å². The van der Waals surface area contributed by atoms with Gasteiger partial charge in [0.15, 0.2) is 0 Å². The summed E-state index contributed by atoms with van der Waals surface area (Å²) in [7, 11) is 0. The van der Waals surface area contributed by atoms with Crippen LogP contribution in [0.2, 0.25) is 0 Å². The number of benzene rings is 1. The van der Waals surface area contributed by atoms with Crippen LogP contribution in [0.4, 0.5) is 0 Å². The highest BCUT2D eigenvalue weighted by Crippen LogP contribution is 2.19. The summed E-state index contributed by atoms with van der Waals surface area (Å²) in [6.07, 6.45) is 2.06. The highest BCUT2D eigenvalue weighted by atomic mass is 16.5. The first kappa shape index (κ1) is 11.1. The van der Waals surface area contributed by atoms with Crippen molar-refractivity contribution in [1.82, 2.24) is 0 Å². The molecular formula is C12H19NO. The Morgan fingerprint density at radius 2 is 2.00 bits per heavy atom. The van der Waals surface area contributed by atoms with Gasteiger partial charge >= 0.3 is 0 Å². The normalized spacial score (nSPS) is 10.2. The molecule has 0 aromatic heterocycles. The predicted molar refractivity (Wildman–Crippen MR) is 59.7 cm³/mol. The molecule has 0 radical (unpaired) electrons. The number of rotatable bonds is 5. The molecule has 0 aliphatic heterocycles. The van der Waals surface area contributed by atoms with Crippen LogP contribution >= 0.6 is 0 Å². The fraction of sp³-hybridized carbons (Fsp3) is 0.500. The van der Waals surface area contributed by atoms with Crippen LogP contribution in [0.5, 0.6) is 5.75 Å². The fourth-order valence-electron chi connectivity index (χ4n) is 1.29. The molecule has 2 nitrogen and oxygen atoms in total. The molecule has 1 aromatic rings. The third-order valence-corrected chi connectivity index (χ3v) is 2.20. The van der Waals surface area contributed by atoms with Crippen molar-refractivity contribution in [3.8, 4) is 5.75 Å². The number of hydrogen-bond donors (Lipinski definition) is 1. The number of hydrogen-bond acceptors (Lipinski definition) is 2. The molecule has 2 heteroatoms. The molecule has 0 fully saturated rings. The highest BCUT2D eigenvalue weighted by Gasteiger charge is 1.98. The Labute approximate surface area is 86.1 Å². The van der Waals surface area contributed by atoms with Crippen LogP contribution in [0, 0.1) is 13.8 Å². The molecule has 0 atom stereocenters. The van der Waals surface area contributed by atoms with Crippen LogP contribution in [-0.4, -0.2) is 13.2 Å². The van der Waals surface area contributed by atoms with Gasteiger partial charge in [0.1, 0.15) is 5.75 Å². The Kier molecular flexibility index (Phi) is 4.47. The van der Waals surface area contributed by atoms with Crippen molar-refractivity contribution in [3.63, 3.8) is 0 Å². The third-order valence-electron chi connectivity index (χ3n) is 2.20. The van der Waals surface area contributed by atoms with Crippen molar-refractivity contribution in [1.29, 1.82) is 0 Å². The summed E-state index contributed by atoms with van der Waals surface area (Å²) < 4.78 is 5.66. The van der Waals surface area contributed by atoms with Gasteiger partial charge in [-0.3, -0.25) is 0 Å². The Morgan fingerprint density at radius 1 is 1.21 bits per heavy atom. The highest BCUT2D eigenvalue weighted by molar-refractivity contribution is 5.35. The van der Waals surface area contributed by atoms with E-state index in [-0.39, 0.29) is 0 Å². The van der Waals surface area contributed by atoms with Gasteiger partial charge in [0, 0.05) is 0 Å². The van der Waals surface area contributed by atoms with E-state index in [1.165, 1.54) is 11.1 Å². The monoisotopic (exact) mass is 193 g/mol. The predicted octanol–water partition coefficient (Wildman–Crippen LogP) is 2.42. The van der Waals surface area contributed by atoms with E-state index in [1.807, 2.05) is 0 Å². The Bertz CT molecular complexity index is 284. The van der Waals surface area contributed by atoms with E-state index in [4.69, 9.17) is 10.5 Å². The quantitative estimate of drug-likeness (QED) is 0.729. The minimum Gasteiger partial charge on any atom is -0.493 e. The van der Waals surface area contributed by atoms with Gasteiger partial charge < -0.3 is 10.5 Å². The van der Waals surface area contributed by atoms with E-state index in [0.29, 0.717) is 0 Å². The standard InChI is InChI=1S/C12H19NO/c1-10-5-6-11(2)12(9-10)14-8-4-3-7-13/h5-6,9H,3-4,7-8,13H2,1-2H3. The number of aryl methyl sites for hydroxylation is 2. The largest absolute Gasteiger partial charge is 0.493 e. The molecule has 0 saturated heterocycles. The number of unbranched alkanes of at least 4 members (excludes halogenated alkanes) is 1. The summed E-state index contributed by atoms with van der Waals surface area (Å²) >= 11 is 0. The van der Waals surface area contributed by atoms with Crippen LogP contribution < -0.4 is 10.5 Å². The lowest BCUT2D eigenvalue weighted by molar-refractivity contribution is 0.305. The summed E-state index contributed by atoms with van der Waals surface area (Å²) in [5.74, 6) is 1.00. The molecule has 0 saturated carbocycles. The molecule has 78 valence electrons. The van der Waals surface area contributed by atoms with Crippen molar-refractivity contribution in [2.24, 2.45) is 5.73 Å². The maximum absolute atomic E-state index is 5.66. The smallest absolute Gasteiger partial charge is 0.122 e. The van der Waals surface area contributed by atoms with Crippen LogP contribution in [0.1, 0.15) is 24.0 Å². The van der Waals surface area contributed by atoms with E-state index >= 15 is 0 Å². The van der Waals surface area contributed by atoms with Gasteiger partial charge in [-0.25, -0.2) is 0 Å². The maximum atomic E-state index is 5.66. The summed E-state index contributed by atoms with van der Waals surface area (Å²) in [4.78, 5) is 0. The topological polar surface area (TPSA) is 35.2 Å². The molecule has 0 unspecified atom stereocenters. The molecule has 0 heterocycles. The molecular weight excluding hydrogens is 174 g/mol. The lowest BCUT2D eigenvalue weighted by atomic mass is 10.1. The summed E-state index contributed by atoms with van der Waals surface area (Å²) in [6, 6.07) is 6.27. The molecule has 0 aliphatic carbocycles. The van der Waals surface area contributed by atoms with Gasteiger partial charge in [0.05, 0.1) is 6.61 Å². The molecule has 0 amide bonds. The molecule has 2 N–H and O–H groups in total. The van der Waals surface area contributed by atoms with Crippen molar-refractivity contribution in [2.45, 2.75) is 26.7 Å². The van der Waals surface area contributed by atoms with E-state index in [2.05, 4.69) is 32.0 Å². The van der Waals surface area contributed by atoms with Crippen molar-refractivity contribution in [3.05, 3.63) is 29.3 Å². The second-order valence-electron chi connectivity index (χ2n) is 3.61. The summed E-state index contributed by atoms with van der Waals surface area (Å²) in [5.41, 5.74) is 7.84. The average Bonchev–Trinajstić information content (AvgIpc) is 2.18. The molecule has 14 heavy (non-hydrogen) atoms. The number of ether oxygens (including phenoxy) is 1. The van der Waals surface area contributed by atoms with Gasteiger partial charge in [-0.2, -0.15) is 0 Å². The van der Waals surface area contributed by atoms with Gasteiger partial charge in [-0.15, -0.1) is 0 Å². The third kappa shape index (κ3) is 3.38. The zero-order valence-corrected chi connectivity index (χ0v) is 9.05. The van der Waals surface area contributed by atoms with Crippen molar-refractivity contribution in [2.75, 3.05) is 13.2 Å². The molecule has 0 bridgehead atoms. The molecule has 0 aliphatic rings. The van der Waals surface area contributed by atoms with E-state index < -0.39 is 0 Å². The molecule has 1 aromatic carbocycles. The Morgan fingerprint density at radius 3 is 2.71 bits per heavy atom. The minimum absolute atomic E-state index is 0.746. The SMILES string of the molecule is Cc1ccc(C)c(OCCCCN)c1. The lowest BCUT2D eigenvalue weighted by Crippen LogP contribution is -2.04. The zero-order chi connectivity index (χ0) is 10.4. The zero-order valence-electron chi connectivity index (χ0n) is 9.05. The van der Waals surface area contributed by atoms with Gasteiger partial charge in [0.25, 0.3) is 0 Å². The van der Waals surface area contributed by atoms with Crippen molar-refractivity contribution < 1.29 is 4.74 Å². The average molecular weight is 193 g/mol.